The van der Waals surface area contributed by atoms with E-state index < -0.39 is 0 Å². The zero-order valence-corrected chi connectivity index (χ0v) is 12.7. The summed E-state index contributed by atoms with van der Waals surface area (Å²) in [6, 6.07) is 0.444. The van der Waals surface area contributed by atoms with E-state index in [0.29, 0.717) is 17.8 Å². The molecule has 6 heteroatoms. The summed E-state index contributed by atoms with van der Waals surface area (Å²) in [5.41, 5.74) is 0.897. The number of rotatable bonds is 6. The lowest BCUT2D eigenvalue weighted by Gasteiger charge is -2.22. The Morgan fingerprint density at radius 2 is 2.24 bits per heavy atom. The molecule has 0 aromatic carbocycles. The lowest BCUT2D eigenvalue weighted by molar-refractivity contribution is 0.311. The van der Waals surface area contributed by atoms with Gasteiger partial charge in [0.05, 0.1) is 11.8 Å². The highest BCUT2D eigenvalue weighted by Gasteiger charge is 2.26. The molecule has 114 valence electrons. The molecule has 3 rings (SSSR count). The Morgan fingerprint density at radius 3 is 2.90 bits per heavy atom. The fraction of sp³-hybridized carbons (Fsp3) is 0.667. The molecule has 2 aromatic heterocycles. The number of nitrogens with one attached hydrogen (secondary N) is 1. The standard InChI is InChI=1S/C15H23N5O/c1-3-16-13(11-6-4-5-7-11)8-14-18-15(19-21-14)12-9-17-20(2)10-12/h9-11,13,16H,3-8H2,1-2H3. The fourth-order valence-corrected chi connectivity index (χ4v) is 3.21. The third-order valence-electron chi connectivity index (χ3n) is 4.26. The zero-order chi connectivity index (χ0) is 14.7. The van der Waals surface area contributed by atoms with Crippen molar-refractivity contribution in [1.29, 1.82) is 0 Å². The highest BCUT2D eigenvalue weighted by Crippen LogP contribution is 2.29. The smallest absolute Gasteiger partial charge is 0.228 e. The van der Waals surface area contributed by atoms with Gasteiger partial charge in [-0.15, -0.1) is 0 Å². The minimum atomic E-state index is 0.444. The molecule has 21 heavy (non-hydrogen) atoms. The van der Waals surface area contributed by atoms with Crippen molar-refractivity contribution in [2.75, 3.05) is 6.54 Å². The predicted molar refractivity (Wildman–Crippen MR) is 79.6 cm³/mol. The highest BCUT2D eigenvalue weighted by molar-refractivity contribution is 5.50. The molecule has 0 radical (unpaired) electrons. The van der Waals surface area contributed by atoms with Gasteiger partial charge in [-0.25, -0.2) is 0 Å². The summed E-state index contributed by atoms with van der Waals surface area (Å²) in [6.07, 6.45) is 9.77. The number of aromatic nitrogens is 4. The van der Waals surface area contributed by atoms with Gasteiger partial charge in [-0.1, -0.05) is 24.9 Å². The fourth-order valence-electron chi connectivity index (χ4n) is 3.21. The van der Waals surface area contributed by atoms with Crippen LogP contribution in [0.1, 0.15) is 38.5 Å². The molecule has 0 amide bonds. The van der Waals surface area contributed by atoms with Crippen molar-refractivity contribution in [3.05, 3.63) is 18.3 Å². The Bertz CT molecular complexity index is 570. The van der Waals surface area contributed by atoms with E-state index in [9.17, 15) is 0 Å². The molecule has 1 aliphatic carbocycles. The summed E-state index contributed by atoms with van der Waals surface area (Å²) in [5.74, 6) is 2.07. The van der Waals surface area contributed by atoms with Gasteiger partial charge in [0.15, 0.2) is 0 Å². The van der Waals surface area contributed by atoms with Crippen LogP contribution < -0.4 is 5.32 Å². The molecule has 0 bridgehead atoms. The van der Waals surface area contributed by atoms with Gasteiger partial charge >= 0.3 is 0 Å². The summed E-state index contributed by atoms with van der Waals surface area (Å²) in [4.78, 5) is 4.52. The van der Waals surface area contributed by atoms with Crippen LogP contribution in [-0.2, 0) is 13.5 Å². The topological polar surface area (TPSA) is 68.8 Å². The van der Waals surface area contributed by atoms with Gasteiger partial charge < -0.3 is 9.84 Å². The Morgan fingerprint density at radius 1 is 1.43 bits per heavy atom. The Balaban J connectivity index is 1.69. The van der Waals surface area contributed by atoms with Crippen LogP contribution in [0, 0.1) is 5.92 Å². The Hall–Kier alpha value is -1.69. The van der Waals surface area contributed by atoms with Crippen molar-refractivity contribution >= 4 is 0 Å². The number of nitrogens with zero attached hydrogens (tertiary/aromatic N) is 4. The lowest BCUT2D eigenvalue weighted by atomic mass is 9.95. The third kappa shape index (κ3) is 3.32. The summed E-state index contributed by atoms with van der Waals surface area (Å²) in [5, 5.41) is 11.8. The molecular formula is C15H23N5O. The molecule has 2 heterocycles. The number of aryl methyl sites for hydroxylation is 1. The lowest BCUT2D eigenvalue weighted by Crippen LogP contribution is -2.37. The summed E-state index contributed by atoms with van der Waals surface area (Å²) in [7, 11) is 1.88. The predicted octanol–water partition coefficient (Wildman–Crippen LogP) is 2.18. The first-order valence-electron chi connectivity index (χ1n) is 7.81. The maximum atomic E-state index is 5.43. The van der Waals surface area contributed by atoms with Crippen LogP contribution >= 0.6 is 0 Å². The first kappa shape index (κ1) is 14.3. The van der Waals surface area contributed by atoms with Crippen LogP contribution in [-0.4, -0.2) is 32.5 Å². The highest BCUT2D eigenvalue weighted by atomic mass is 16.5. The van der Waals surface area contributed by atoms with Crippen LogP contribution in [0.4, 0.5) is 0 Å². The van der Waals surface area contributed by atoms with E-state index in [0.717, 1.165) is 24.4 Å². The van der Waals surface area contributed by atoms with E-state index in [1.54, 1.807) is 10.9 Å². The van der Waals surface area contributed by atoms with E-state index in [2.05, 4.69) is 27.5 Å². The maximum absolute atomic E-state index is 5.43. The largest absolute Gasteiger partial charge is 0.339 e. The number of hydrogen-bond acceptors (Lipinski definition) is 5. The quantitative estimate of drug-likeness (QED) is 0.882. The summed E-state index contributed by atoms with van der Waals surface area (Å²) in [6.45, 7) is 3.13. The van der Waals surface area contributed by atoms with Gasteiger partial charge in [0, 0.05) is 25.7 Å². The average molecular weight is 289 g/mol. The summed E-state index contributed by atoms with van der Waals surface area (Å²) >= 11 is 0. The van der Waals surface area contributed by atoms with Crippen molar-refractivity contribution < 1.29 is 4.52 Å². The van der Waals surface area contributed by atoms with Gasteiger partial charge in [0.25, 0.3) is 0 Å². The number of likely N-dealkylation sites (N-methyl/N-ethyl adjacent to an activating group) is 1. The molecule has 1 unspecified atom stereocenters. The minimum Gasteiger partial charge on any atom is -0.339 e. The molecule has 1 fully saturated rings. The Labute approximate surface area is 124 Å². The summed E-state index contributed by atoms with van der Waals surface area (Å²) < 4.78 is 7.17. The second-order valence-corrected chi connectivity index (χ2v) is 5.83. The van der Waals surface area contributed by atoms with Crippen molar-refractivity contribution in [3.8, 4) is 11.4 Å². The molecule has 0 saturated heterocycles. The van der Waals surface area contributed by atoms with E-state index in [1.165, 1.54) is 25.7 Å². The van der Waals surface area contributed by atoms with Crippen molar-refractivity contribution in [2.24, 2.45) is 13.0 Å². The van der Waals surface area contributed by atoms with Crippen LogP contribution in [0.15, 0.2) is 16.9 Å². The molecule has 1 saturated carbocycles. The monoisotopic (exact) mass is 289 g/mol. The van der Waals surface area contributed by atoms with Crippen molar-refractivity contribution in [3.63, 3.8) is 0 Å². The van der Waals surface area contributed by atoms with E-state index in [4.69, 9.17) is 4.52 Å². The molecule has 1 atom stereocenters. The van der Waals surface area contributed by atoms with Gasteiger partial charge in [-0.2, -0.15) is 10.1 Å². The second-order valence-electron chi connectivity index (χ2n) is 5.83. The minimum absolute atomic E-state index is 0.444. The first-order valence-corrected chi connectivity index (χ1v) is 7.81. The van der Waals surface area contributed by atoms with E-state index >= 15 is 0 Å². The molecule has 0 spiro atoms. The normalized spacial score (nSPS) is 17.4. The van der Waals surface area contributed by atoms with Gasteiger partial charge in [-0.3, -0.25) is 4.68 Å². The molecule has 0 aliphatic heterocycles. The molecular weight excluding hydrogens is 266 g/mol. The maximum Gasteiger partial charge on any atom is 0.228 e. The SMILES string of the molecule is CCNC(Cc1nc(-c2cnn(C)c2)no1)C1CCCC1. The van der Waals surface area contributed by atoms with Crippen LogP contribution in [0.5, 0.6) is 0 Å². The van der Waals surface area contributed by atoms with Gasteiger partial charge in [0.2, 0.25) is 11.7 Å². The van der Waals surface area contributed by atoms with Gasteiger partial charge in [0.1, 0.15) is 0 Å². The van der Waals surface area contributed by atoms with Crippen LogP contribution in [0.25, 0.3) is 11.4 Å². The Kier molecular flexibility index (Phi) is 4.34. The van der Waals surface area contributed by atoms with Crippen LogP contribution in [0.2, 0.25) is 0 Å². The zero-order valence-electron chi connectivity index (χ0n) is 12.7. The number of hydrogen-bond donors (Lipinski definition) is 1. The van der Waals surface area contributed by atoms with Gasteiger partial charge in [-0.05, 0) is 25.3 Å². The van der Waals surface area contributed by atoms with E-state index in [-0.39, 0.29) is 0 Å². The molecule has 2 aromatic rings. The molecule has 6 nitrogen and oxygen atoms in total. The average Bonchev–Trinajstić information content (AvgIpc) is 3.18. The first-order chi connectivity index (χ1) is 10.3. The third-order valence-corrected chi connectivity index (χ3v) is 4.26. The molecule has 1 aliphatic rings. The van der Waals surface area contributed by atoms with Crippen LogP contribution in [0.3, 0.4) is 0 Å². The molecule has 1 N–H and O–H groups in total. The second kappa shape index (κ2) is 6.39. The van der Waals surface area contributed by atoms with Crippen molar-refractivity contribution in [1.82, 2.24) is 25.2 Å². The van der Waals surface area contributed by atoms with E-state index in [1.807, 2.05) is 13.2 Å². The van der Waals surface area contributed by atoms with Crippen molar-refractivity contribution in [2.45, 2.75) is 45.1 Å².